The average Bonchev–Trinajstić information content (AvgIpc) is 3.06. The molecule has 0 rings (SSSR count). The Labute approximate surface area is 403 Å². The second kappa shape index (κ2) is 37.4. The zero-order valence-electron chi connectivity index (χ0n) is 40.8. The lowest BCUT2D eigenvalue weighted by atomic mass is 11.8. The molecule has 0 aliphatic carbocycles. The third-order valence-corrected chi connectivity index (χ3v) is 66.7. The maximum Gasteiger partial charge on any atom is 0.308 e. The summed E-state index contributed by atoms with van der Waals surface area (Å²) in [4.78, 5) is 0. The molecule has 0 radical (unpaired) electrons. The number of hydrogen-bond donors (Lipinski definition) is 0. The van der Waals surface area contributed by atoms with E-state index in [4.69, 9.17) is 82.6 Å². The number of hydrogen-bond acceptors (Lipinski definition) is 20. The maximum absolute atomic E-state index is 6.25. The Kier molecular flexibility index (Phi) is 39.5. The Bertz CT molecular complexity index is 1080. The van der Waals surface area contributed by atoms with Crippen LogP contribution in [0.25, 0.3) is 0 Å². The predicted octanol–water partition coefficient (Wildman–Crippen LogP) is -2.76. The molecule has 19 unspecified atom stereocenters. The van der Waals surface area contributed by atoms with Crippen molar-refractivity contribution in [2.75, 3.05) is 7.11 Å². The lowest BCUT2D eigenvalue weighted by Crippen LogP contribution is -2.44. The molecule has 0 aromatic rings. The zero-order valence-corrected chi connectivity index (χ0v) is 64.2. The SMILES string of the molecule is CO[SiH](C)O[SiH](C)O[SiH](C)O[SiH](C)O[SiH](C)O[SiH](C)O[SiH](C)O[SiH](C)O[SiH](C)O[SiH](C)O[SiH](C)O[SiH](C)O[SiH](C)O[SiH](C)O[SiH](C)O[SiH](C)O[SiH](C)O[SiH](C)O[SiH](C)O[SiH2]C. The molecule has 0 saturated heterocycles. The first-order valence-corrected chi connectivity index (χ1v) is 63.2. The van der Waals surface area contributed by atoms with Crippen molar-refractivity contribution >= 4 is 186 Å². The van der Waals surface area contributed by atoms with Crippen molar-refractivity contribution in [2.45, 2.75) is 131 Å². The van der Waals surface area contributed by atoms with Crippen LogP contribution >= 0.6 is 0 Å². The van der Waals surface area contributed by atoms with Crippen LogP contribution in [0, 0.1) is 0 Å². The van der Waals surface area contributed by atoms with E-state index in [-0.39, 0.29) is 0 Å². The van der Waals surface area contributed by atoms with Crippen molar-refractivity contribution in [1.82, 2.24) is 0 Å². The predicted molar refractivity (Wildman–Crippen MR) is 289 cm³/mol. The van der Waals surface area contributed by atoms with Crippen LogP contribution in [0.5, 0.6) is 0 Å². The van der Waals surface area contributed by atoms with E-state index in [0.717, 1.165) is 0 Å². The van der Waals surface area contributed by atoms with Crippen LogP contribution in [0.3, 0.4) is 0 Å². The van der Waals surface area contributed by atoms with Gasteiger partial charge in [-0.15, -0.1) is 0 Å². The van der Waals surface area contributed by atoms with E-state index in [0.29, 0.717) is 0 Å². The summed E-state index contributed by atoms with van der Waals surface area (Å²) in [7, 11) is -34.6. The van der Waals surface area contributed by atoms with Gasteiger partial charge in [0.1, 0.15) is 9.76 Å². The minimum atomic E-state index is -1.98. The Hall–Kier alpha value is 3.54. The van der Waals surface area contributed by atoms with Crippen molar-refractivity contribution in [3.63, 3.8) is 0 Å². The topological polar surface area (TPSA) is 185 Å². The van der Waals surface area contributed by atoms with Gasteiger partial charge in [0.25, 0.3) is 167 Å². The highest BCUT2D eigenvalue weighted by atomic mass is 28.5. The largest absolute Gasteiger partial charge is 0.444 e. The second-order valence-electron chi connectivity index (χ2n) is 13.9. The summed E-state index contributed by atoms with van der Waals surface area (Å²) in [5.74, 6) is 0. The molecular formula is C21H84O20Si20. The fourth-order valence-electron chi connectivity index (χ4n) is 5.73. The summed E-state index contributed by atoms with van der Waals surface area (Å²) in [6.45, 7) is 40.4. The Morgan fingerprint density at radius 1 is 0.197 bits per heavy atom. The van der Waals surface area contributed by atoms with Gasteiger partial charge in [0, 0.05) is 7.11 Å². The van der Waals surface area contributed by atoms with Crippen molar-refractivity contribution in [3.8, 4) is 0 Å². The molecule has 0 bridgehead atoms. The first-order valence-electron chi connectivity index (χ1n) is 21.3. The molecule has 19 atom stereocenters. The van der Waals surface area contributed by atoms with Gasteiger partial charge in [-0.3, -0.25) is 0 Å². The maximum atomic E-state index is 6.25. The molecule has 0 fully saturated rings. The fraction of sp³-hybridized carbons (Fsp3) is 1.00. The van der Waals surface area contributed by atoms with E-state index in [1.807, 2.05) is 118 Å². The van der Waals surface area contributed by atoms with Crippen LogP contribution in [0.1, 0.15) is 0 Å². The van der Waals surface area contributed by atoms with E-state index in [2.05, 4.69) is 13.1 Å². The summed E-state index contributed by atoms with van der Waals surface area (Å²) in [6, 6.07) is 0. The molecule has 0 aliphatic rings. The van der Waals surface area contributed by atoms with E-state index in [1.165, 1.54) is 0 Å². The van der Waals surface area contributed by atoms with Gasteiger partial charge in [0.15, 0.2) is 0 Å². The normalized spacial score (nSPS) is 22.2. The molecule has 0 aromatic carbocycles. The summed E-state index contributed by atoms with van der Waals surface area (Å²) >= 11 is 0. The van der Waals surface area contributed by atoms with Crippen molar-refractivity contribution < 1.29 is 82.6 Å². The Morgan fingerprint density at radius 2 is 0.311 bits per heavy atom. The molecule has 0 spiro atoms. The Balaban J connectivity index is 4.41. The molecule has 0 aromatic heterocycles. The molecule has 368 valence electrons. The van der Waals surface area contributed by atoms with Crippen LogP contribution in [-0.4, -0.2) is 193 Å². The van der Waals surface area contributed by atoms with Crippen molar-refractivity contribution in [1.29, 1.82) is 0 Å². The van der Waals surface area contributed by atoms with E-state index in [9.17, 15) is 0 Å². The summed E-state index contributed by atoms with van der Waals surface area (Å²) in [5, 5.41) is 0. The lowest BCUT2D eigenvalue weighted by molar-refractivity contribution is 0.297. The lowest BCUT2D eigenvalue weighted by Gasteiger charge is -2.28. The molecule has 20 nitrogen and oxygen atoms in total. The van der Waals surface area contributed by atoms with Gasteiger partial charge in [-0.2, -0.15) is 0 Å². The van der Waals surface area contributed by atoms with E-state index in [1.54, 1.807) is 7.11 Å². The minimum absolute atomic E-state index is 0.460. The third-order valence-electron chi connectivity index (χ3n) is 7.63. The van der Waals surface area contributed by atoms with Crippen molar-refractivity contribution in [3.05, 3.63) is 0 Å². The van der Waals surface area contributed by atoms with Crippen LogP contribution in [0.4, 0.5) is 0 Å². The molecule has 0 saturated carbocycles. The van der Waals surface area contributed by atoms with E-state index < -0.39 is 186 Å². The summed E-state index contributed by atoms with van der Waals surface area (Å²) in [5.41, 5.74) is 0. The standard InChI is InChI=1S/C21H84O20Si20/c1-22-43(3)24-45(5)26-47(7)28-49(9)30-51(11)32-53(13)34-55(15)36-57(17)38-59(19)40-61(21)41-60(20)39-58(18)37-56(16)35-54(14)33-52(12)31-50(10)29-48(8)27-46(6)25-44(4)23-42-2/h43-61H,42H2,1-21H3. The molecule has 0 amide bonds. The van der Waals surface area contributed by atoms with Crippen LogP contribution in [-0.2, 0) is 82.6 Å². The molecule has 0 heterocycles. The Morgan fingerprint density at radius 3 is 0.426 bits per heavy atom. The summed E-state index contributed by atoms with van der Waals surface area (Å²) < 4.78 is 122. The highest BCUT2D eigenvalue weighted by Gasteiger charge is 2.28. The van der Waals surface area contributed by atoms with Gasteiger partial charge >= 0.3 is 9.28 Å². The monoisotopic (exact) mass is 1220 g/mol. The first kappa shape index (κ1) is 64.5. The van der Waals surface area contributed by atoms with Gasteiger partial charge in [-0.05, 0) is 124 Å². The van der Waals surface area contributed by atoms with Gasteiger partial charge in [0.2, 0.25) is 0 Å². The van der Waals surface area contributed by atoms with Crippen LogP contribution in [0.15, 0.2) is 0 Å². The smallest absolute Gasteiger partial charge is 0.308 e. The minimum Gasteiger partial charge on any atom is -0.444 e. The highest BCUT2D eigenvalue weighted by Crippen LogP contribution is 2.09. The van der Waals surface area contributed by atoms with Gasteiger partial charge in [-0.25, -0.2) is 0 Å². The van der Waals surface area contributed by atoms with Gasteiger partial charge in [-0.1, -0.05) is 6.55 Å². The van der Waals surface area contributed by atoms with E-state index >= 15 is 0 Å². The molecular weight excluding hydrogens is 1130 g/mol. The second-order valence-corrected chi connectivity index (χ2v) is 57.5. The molecule has 40 heteroatoms. The fourth-order valence-corrected chi connectivity index (χ4v) is 62.1. The molecule has 0 N–H and O–H groups in total. The van der Waals surface area contributed by atoms with Crippen molar-refractivity contribution in [2.24, 2.45) is 0 Å². The molecule has 61 heavy (non-hydrogen) atoms. The average molecular weight is 1220 g/mol. The van der Waals surface area contributed by atoms with Crippen LogP contribution < -0.4 is 0 Å². The summed E-state index contributed by atoms with van der Waals surface area (Å²) in [6.07, 6.45) is 0. The quantitative estimate of drug-likeness (QED) is 0.0577. The van der Waals surface area contributed by atoms with Crippen LogP contribution in [0.2, 0.25) is 131 Å². The molecule has 0 aliphatic heterocycles. The van der Waals surface area contributed by atoms with Gasteiger partial charge < -0.3 is 82.6 Å². The zero-order chi connectivity index (χ0) is 46.8. The number of rotatable bonds is 39. The van der Waals surface area contributed by atoms with Gasteiger partial charge in [0.05, 0.1) is 0 Å². The highest BCUT2D eigenvalue weighted by molar-refractivity contribution is 6.75. The third kappa shape index (κ3) is 37.1. The first-order chi connectivity index (χ1) is 28.4.